The van der Waals surface area contributed by atoms with Gasteiger partial charge in [-0.3, -0.25) is 0 Å². The predicted molar refractivity (Wildman–Crippen MR) is 68.1 cm³/mol. The summed E-state index contributed by atoms with van der Waals surface area (Å²) in [4.78, 5) is 4.43. The molecule has 1 aromatic rings. The van der Waals surface area contributed by atoms with Gasteiger partial charge in [-0.05, 0) is 13.5 Å². The Balaban J connectivity index is 2.04. The predicted octanol–water partition coefficient (Wildman–Crippen LogP) is 1.63. The summed E-state index contributed by atoms with van der Waals surface area (Å²) >= 11 is 0. The number of hydrogen-bond acceptors (Lipinski definition) is 3. The molecule has 1 saturated heterocycles. The molecule has 96 valence electrons. The summed E-state index contributed by atoms with van der Waals surface area (Å²) in [5, 5.41) is 3.42. The fourth-order valence-electron chi connectivity index (χ4n) is 2.53. The molecule has 0 aliphatic carbocycles. The van der Waals surface area contributed by atoms with E-state index in [9.17, 15) is 0 Å². The maximum absolute atomic E-state index is 5.47. The number of likely N-dealkylation sites (N-methyl/N-ethyl adjacent to an activating group) is 1. The normalized spacial score (nSPS) is 22.2. The van der Waals surface area contributed by atoms with Gasteiger partial charge in [-0.15, -0.1) is 0 Å². The van der Waals surface area contributed by atoms with E-state index in [0.29, 0.717) is 17.9 Å². The molecule has 1 fully saturated rings. The van der Waals surface area contributed by atoms with Crippen LogP contribution in [0.1, 0.15) is 32.0 Å². The number of ether oxygens (including phenoxy) is 1. The average molecular weight is 237 g/mol. The van der Waals surface area contributed by atoms with Gasteiger partial charge in [-0.1, -0.05) is 13.8 Å². The first-order chi connectivity index (χ1) is 8.22. The lowest BCUT2D eigenvalue weighted by atomic mass is 9.99. The van der Waals surface area contributed by atoms with Crippen molar-refractivity contribution >= 4 is 0 Å². The maximum atomic E-state index is 5.47. The number of nitrogens with zero attached hydrogens (tertiary/aromatic N) is 2. The Hall–Kier alpha value is -0.870. The highest BCUT2D eigenvalue weighted by molar-refractivity contribution is 4.98. The Morgan fingerprint density at radius 2 is 2.41 bits per heavy atom. The van der Waals surface area contributed by atoms with Crippen LogP contribution >= 0.6 is 0 Å². The molecular weight excluding hydrogens is 214 g/mol. The van der Waals surface area contributed by atoms with Gasteiger partial charge in [0.1, 0.15) is 5.82 Å². The van der Waals surface area contributed by atoms with Crippen LogP contribution in [0.15, 0.2) is 12.4 Å². The summed E-state index contributed by atoms with van der Waals surface area (Å²) in [6.45, 7) is 7.15. The van der Waals surface area contributed by atoms with Crippen molar-refractivity contribution in [1.82, 2.24) is 14.9 Å². The largest absolute Gasteiger partial charge is 0.381 e. The summed E-state index contributed by atoms with van der Waals surface area (Å²) in [5.41, 5.74) is 0. The van der Waals surface area contributed by atoms with Crippen molar-refractivity contribution in [3.63, 3.8) is 0 Å². The highest BCUT2D eigenvalue weighted by atomic mass is 16.5. The van der Waals surface area contributed by atoms with E-state index < -0.39 is 0 Å². The van der Waals surface area contributed by atoms with Gasteiger partial charge in [0.15, 0.2) is 0 Å². The molecule has 1 aliphatic heterocycles. The van der Waals surface area contributed by atoms with Gasteiger partial charge < -0.3 is 14.6 Å². The highest BCUT2D eigenvalue weighted by Crippen LogP contribution is 2.19. The van der Waals surface area contributed by atoms with Crippen molar-refractivity contribution in [3.8, 4) is 0 Å². The number of hydrogen-bond donors (Lipinski definition) is 1. The zero-order valence-corrected chi connectivity index (χ0v) is 11.0. The molecule has 0 bridgehead atoms. The second kappa shape index (κ2) is 5.65. The van der Waals surface area contributed by atoms with Crippen LogP contribution in [0.3, 0.4) is 0 Å². The standard InChI is InChI=1S/C13H23N3O/c1-10(2)13-15-5-6-16(13)8-12(14-3)11-4-7-17-9-11/h5-6,10-12,14H,4,7-9H2,1-3H3. The zero-order valence-electron chi connectivity index (χ0n) is 11.0. The zero-order chi connectivity index (χ0) is 12.3. The summed E-state index contributed by atoms with van der Waals surface area (Å²) in [7, 11) is 2.04. The van der Waals surface area contributed by atoms with Crippen molar-refractivity contribution in [2.45, 2.75) is 38.8 Å². The van der Waals surface area contributed by atoms with E-state index in [1.807, 2.05) is 13.2 Å². The van der Waals surface area contributed by atoms with Crippen LogP contribution in [0.2, 0.25) is 0 Å². The van der Waals surface area contributed by atoms with Gasteiger partial charge in [-0.2, -0.15) is 0 Å². The number of rotatable bonds is 5. The molecule has 0 amide bonds. The lowest BCUT2D eigenvalue weighted by molar-refractivity contribution is 0.174. The minimum absolute atomic E-state index is 0.474. The summed E-state index contributed by atoms with van der Waals surface area (Å²) < 4.78 is 7.74. The highest BCUT2D eigenvalue weighted by Gasteiger charge is 2.25. The van der Waals surface area contributed by atoms with Crippen LogP contribution in [-0.2, 0) is 11.3 Å². The molecule has 4 nitrogen and oxygen atoms in total. The van der Waals surface area contributed by atoms with Crippen molar-refractivity contribution in [1.29, 1.82) is 0 Å². The van der Waals surface area contributed by atoms with E-state index in [1.54, 1.807) is 0 Å². The number of imidazole rings is 1. The van der Waals surface area contributed by atoms with E-state index in [0.717, 1.165) is 26.2 Å². The Morgan fingerprint density at radius 1 is 1.59 bits per heavy atom. The van der Waals surface area contributed by atoms with Gasteiger partial charge in [-0.25, -0.2) is 4.98 Å². The molecule has 2 atom stereocenters. The molecular formula is C13H23N3O. The molecule has 2 rings (SSSR count). The first-order valence-electron chi connectivity index (χ1n) is 6.48. The molecule has 1 aliphatic rings. The SMILES string of the molecule is CNC(Cn1ccnc1C(C)C)C1CCOC1. The van der Waals surface area contributed by atoms with Crippen LogP contribution in [0.5, 0.6) is 0 Å². The molecule has 2 heterocycles. The maximum Gasteiger partial charge on any atom is 0.111 e. The smallest absolute Gasteiger partial charge is 0.111 e. The fraction of sp³-hybridized carbons (Fsp3) is 0.769. The van der Waals surface area contributed by atoms with Gasteiger partial charge in [0.2, 0.25) is 0 Å². The number of nitrogens with one attached hydrogen (secondary N) is 1. The van der Waals surface area contributed by atoms with Gasteiger partial charge in [0, 0.05) is 43.4 Å². The van der Waals surface area contributed by atoms with Crippen LogP contribution in [-0.4, -0.2) is 35.9 Å². The fourth-order valence-corrected chi connectivity index (χ4v) is 2.53. The second-order valence-corrected chi connectivity index (χ2v) is 5.11. The first-order valence-corrected chi connectivity index (χ1v) is 6.48. The van der Waals surface area contributed by atoms with Crippen molar-refractivity contribution < 1.29 is 4.74 Å². The quantitative estimate of drug-likeness (QED) is 0.846. The Kier molecular flexibility index (Phi) is 4.18. The van der Waals surface area contributed by atoms with Gasteiger partial charge >= 0.3 is 0 Å². The summed E-state index contributed by atoms with van der Waals surface area (Å²) in [6, 6.07) is 0.476. The molecule has 0 spiro atoms. The third-order valence-corrected chi connectivity index (χ3v) is 3.56. The lowest BCUT2D eigenvalue weighted by Crippen LogP contribution is -2.38. The molecule has 1 aromatic heterocycles. The first kappa shape index (κ1) is 12.6. The van der Waals surface area contributed by atoms with Crippen LogP contribution < -0.4 is 5.32 Å². The molecule has 0 saturated carbocycles. The molecule has 4 heteroatoms. The Labute approximate surface area is 103 Å². The molecule has 17 heavy (non-hydrogen) atoms. The third-order valence-electron chi connectivity index (χ3n) is 3.56. The van der Waals surface area contributed by atoms with Gasteiger partial charge in [0.05, 0.1) is 6.61 Å². The molecule has 0 aromatic carbocycles. The summed E-state index contributed by atoms with van der Waals surface area (Å²) in [5.74, 6) is 2.27. The van der Waals surface area contributed by atoms with E-state index in [1.165, 1.54) is 5.82 Å². The van der Waals surface area contributed by atoms with Crippen molar-refractivity contribution in [2.75, 3.05) is 20.3 Å². The monoisotopic (exact) mass is 237 g/mol. The second-order valence-electron chi connectivity index (χ2n) is 5.11. The average Bonchev–Trinajstić information content (AvgIpc) is 2.96. The Bertz CT molecular complexity index is 342. The van der Waals surface area contributed by atoms with Crippen LogP contribution in [0, 0.1) is 5.92 Å². The van der Waals surface area contributed by atoms with Crippen LogP contribution in [0.4, 0.5) is 0 Å². The van der Waals surface area contributed by atoms with Crippen LogP contribution in [0.25, 0.3) is 0 Å². The van der Waals surface area contributed by atoms with E-state index in [-0.39, 0.29) is 0 Å². The van der Waals surface area contributed by atoms with E-state index in [4.69, 9.17) is 4.74 Å². The van der Waals surface area contributed by atoms with E-state index >= 15 is 0 Å². The lowest BCUT2D eigenvalue weighted by Gasteiger charge is -2.23. The Morgan fingerprint density at radius 3 is 3.00 bits per heavy atom. The molecule has 1 N–H and O–H groups in total. The minimum Gasteiger partial charge on any atom is -0.381 e. The van der Waals surface area contributed by atoms with Crippen molar-refractivity contribution in [3.05, 3.63) is 18.2 Å². The van der Waals surface area contributed by atoms with E-state index in [2.05, 4.69) is 34.9 Å². The van der Waals surface area contributed by atoms with Crippen molar-refractivity contribution in [2.24, 2.45) is 5.92 Å². The molecule has 2 unspecified atom stereocenters. The third kappa shape index (κ3) is 2.87. The topological polar surface area (TPSA) is 39.1 Å². The van der Waals surface area contributed by atoms with Gasteiger partial charge in [0.25, 0.3) is 0 Å². The number of aromatic nitrogens is 2. The molecule has 0 radical (unpaired) electrons. The summed E-state index contributed by atoms with van der Waals surface area (Å²) in [6.07, 6.45) is 5.14. The minimum atomic E-state index is 0.474.